The van der Waals surface area contributed by atoms with Crippen LogP contribution in [0.1, 0.15) is 33.1 Å². The summed E-state index contributed by atoms with van der Waals surface area (Å²) in [5.74, 6) is -0.292. The molecule has 29 heavy (non-hydrogen) atoms. The van der Waals surface area contributed by atoms with Crippen LogP contribution in [0.25, 0.3) is 11.3 Å². The fraction of sp³-hybridized carbons (Fsp3) is 0.136. The predicted octanol–water partition coefficient (Wildman–Crippen LogP) is 4.58. The maximum atomic E-state index is 12.6. The number of imidazole rings is 1. The van der Waals surface area contributed by atoms with Gasteiger partial charge in [-0.2, -0.15) is 5.10 Å². The van der Waals surface area contributed by atoms with Crippen molar-refractivity contribution in [3.63, 3.8) is 0 Å². The van der Waals surface area contributed by atoms with Crippen molar-refractivity contribution in [3.8, 4) is 5.69 Å². The van der Waals surface area contributed by atoms with Crippen molar-refractivity contribution in [1.29, 1.82) is 0 Å². The Morgan fingerprint density at radius 1 is 1.14 bits per heavy atom. The van der Waals surface area contributed by atoms with Gasteiger partial charge in [0.05, 0.1) is 11.9 Å². The number of pyridine rings is 1. The third-order valence-corrected chi connectivity index (χ3v) is 5.37. The minimum Gasteiger partial charge on any atom is -0.318 e. The van der Waals surface area contributed by atoms with Crippen molar-refractivity contribution in [2.45, 2.75) is 20.8 Å². The molecule has 3 heterocycles. The van der Waals surface area contributed by atoms with Gasteiger partial charge in [-0.1, -0.05) is 22.0 Å². The van der Waals surface area contributed by atoms with E-state index in [4.69, 9.17) is 0 Å². The van der Waals surface area contributed by atoms with Crippen LogP contribution in [0.3, 0.4) is 0 Å². The highest BCUT2D eigenvalue weighted by molar-refractivity contribution is 9.10. The molecular formula is C22H20BrN5O. The maximum absolute atomic E-state index is 12.6. The maximum Gasteiger partial charge on any atom is 0.290 e. The summed E-state index contributed by atoms with van der Waals surface area (Å²) in [4.78, 5) is 17.1. The van der Waals surface area contributed by atoms with Crippen LogP contribution >= 0.6 is 15.9 Å². The second-order valence-electron chi connectivity index (χ2n) is 6.81. The molecule has 0 fully saturated rings. The number of hydrogen-bond acceptors (Lipinski definition) is 3. The van der Waals surface area contributed by atoms with Crippen LogP contribution in [-0.2, 0) is 0 Å². The van der Waals surface area contributed by atoms with E-state index in [0.717, 1.165) is 32.8 Å². The number of nitrogens with zero attached hydrogens (tertiary/aromatic N) is 4. The van der Waals surface area contributed by atoms with E-state index in [1.54, 1.807) is 10.6 Å². The number of carbonyl (C=O) groups is 1. The summed E-state index contributed by atoms with van der Waals surface area (Å²) >= 11 is 3.47. The summed E-state index contributed by atoms with van der Waals surface area (Å²) in [5.41, 5.74) is 8.67. The third-order valence-electron chi connectivity index (χ3n) is 4.84. The lowest BCUT2D eigenvalue weighted by Crippen LogP contribution is -2.20. The van der Waals surface area contributed by atoms with Gasteiger partial charge in [-0.05, 0) is 63.2 Å². The van der Waals surface area contributed by atoms with E-state index in [0.29, 0.717) is 11.4 Å². The molecule has 4 rings (SSSR count). The van der Waals surface area contributed by atoms with E-state index in [1.807, 2.05) is 63.4 Å². The molecule has 0 saturated carbocycles. The van der Waals surface area contributed by atoms with E-state index < -0.39 is 0 Å². The number of fused-ring (bicyclic) bond motifs is 1. The van der Waals surface area contributed by atoms with Crippen molar-refractivity contribution < 1.29 is 4.79 Å². The van der Waals surface area contributed by atoms with Crippen molar-refractivity contribution in [2.75, 3.05) is 0 Å². The van der Waals surface area contributed by atoms with Gasteiger partial charge in [0, 0.05) is 33.3 Å². The van der Waals surface area contributed by atoms with Crippen LogP contribution in [0, 0.1) is 20.8 Å². The van der Waals surface area contributed by atoms with E-state index in [2.05, 4.69) is 48.1 Å². The predicted molar refractivity (Wildman–Crippen MR) is 118 cm³/mol. The highest BCUT2D eigenvalue weighted by atomic mass is 79.9. The molecule has 3 aromatic heterocycles. The molecule has 0 aliphatic rings. The molecule has 0 aliphatic carbocycles. The number of hydrogen-bond donors (Lipinski definition) is 1. The molecule has 0 radical (unpaired) electrons. The Bertz CT molecular complexity index is 1230. The number of amides is 1. The highest BCUT2D eigenvalue weighted by Gasteiger charge is 2.16. The van der Waals surface area contributed by atoms with Crippen LogP contribution < -0.4 is 5.43 Å². The SMILES string of the molecule is Cc1nc2ccccn2c1C(=O)N/N=C/c1cc(C)n(-c2ccc(Br)cc2)c1C. The molecule has 6 nitrogen and oxygen atoms in total. The van der Waals surface area contributed by atoms with Gasteiger partial charge in [0.15, 0.2) is 0 Å². The number of carbonyl (C=O) groups excluding carboxylic acids is 1. The van der Waals surface area contributed by atoms with E-state index >= 15 is 0 Å². The fourth-order valence-corrected chi connectivity index (χ4v) is 3.77. The number of halogens is 1. The van der Waals surface area contributed by atoms with E-state index in [1.165, 1.54) is 0 Å². The zero-order valence-electron chi connectivity index (χ0n) is 16.3. The molecule has 7 heteroatoms. The monoisotopic (exact) mass is 449 g/mol. The van der Waals surface area contributed by atoms with Crippen LogP contribution in [0.2, 0.25) is 0 Å². The number of benzene rings is 1. The topological polar surface area (TPSA) is 63.7 Å². The van der Waals surface area contributed by atoms with E-state index in [9.17, 15) is 4.79 Å². The van der Waals surface area contributed by atoms with Crippen molar-refractivity contribution in [2.24, 2.45) is 5.10 Å². The lowest BCUT2D eigenvalue weighted by atomic mass is 10.2. The standard InChI is InChI=1S/C22H20BrN5O/c1-14-12-17(16(3)28(14)19-9-7-18(23)8-10-19)13-24-26-22(29)21-15(2)25-20-6-4-5-11-27(20)21/h4-13H,1-3H3,(H,26,29)/b24-13+. The minimum absolute atomic E-state index is 0.292. The summed E-state index contributed by atoms with van der Waals surface area (Å²) in [5, 5.41) is 4.18. The molecule has 1 amide bonds. The Morgan fingerprint density at radius 2 is 1.90 bits per heavy atom. The van der Waals surface area contributed by atoms with Crippen LogP contribution in [0.5, 0.6) is 0 Å². The van der Waals surface area contributed by atoms with Gasteiger partial charge >= 0.3 is 0 Å². The largest absolute Gasteiger partial charge is 0.318 e. The second-order valence-corrected chi connectivity index (χ2v) is 7.73. The summed E-state index contributed by atoms with van der Waals surface area (Å²) in [7, 11) is 0. The van der Waals surface area contributed by atoms with Crippen LogP contribution in [-0.4, -0.2) is 26.1 Å². The smallest absolute Gasteiger partial charge is 0.290 e. The van der Waals surface area contributed by atoms with Gasteiger partial charge < -0.3 is 4.57 Å². The van der Waals surface area contributed by atoms with Crippen molar-refractivity contribution in [3.05, 3.63) is 87.5 Å². The lowest BCUT2D eigenvalue weighted by molar-refractivity contribution is 0.0948. The minimum atomic E-state index is -0.292. The quantitative estimate of drug-likeness (QED) is 0.366. The molecule has 1 aromatic carbocycles. The second kappa shape index (κ2) is 7.67. The van der Waals surface area contributed by atoms with Gasteiger partial charge in [-0.3, -0.25) is 9.20 Å². The number of rotatable bonds is 4. The molecule has 0 spiro atoms. The molecule has 0 bridgehead atoms. The molecule has 0 unspecified atom stereocenters. The van der Waals surface area contributed by atoms with Crippen LogP contribution in [0.4, 0.5) is 0 Å². The number of aryl methyl sites for hydroxylation is 2. The number of aromatic nitrogens is 3. The van der Waals surface area contributed by atoms with Crippen LogP contribution in [0.15, 0.2) is 64.3 Å². The number of hydrazone groups is 1. The summed E-state index contributed by atoms with van der Waals surface area (Å²) in [6.45, 7) is 5.90. The molecule has 146 valence electrons. The lowest BCUT2D eigenvalue weighted by Gasteiger charge is -2.09. The first-order chi connectivity index (χ1) is 14.0. The third kappa shape index (κ3) is 3.61. The van der Waals surface area contributed by atoms with Gasteiger partial charge in [-0.25, -0.2) is 10.4 Å². The average Bonchev–Trinajstić information content (AvgIpc) is 3.18. The molecule has 1 N–H and O–H groups in total. The van der Waals surface area contributed by atoms with Gasteiger partial charge in [0.2, 0.25) is 0 Å². The van der Waals surface area contributed by atoms with Gasteiger partial charge in [-0.15, -0.1) is 0 Å². The fourth-order valence-electron chi connectivity index (χ4n) is 3.51. The van der Waals surface area contributed by atoms with Crippen molar-refractivity contribution in [1.82, 2.24) is 19.4 Å². The first-order valence-electron chi connectivity index (χ1n) is 9.17. The molecule has 0 saturated heterocycles. The normalized spacial score (nSPS) is 11.4. The van der Waals surface area contributed by atoms with Gasteiger partial charge in [0.1, 0.15) is 11.3 Å². The summed E-state index contributed by atoms with van der Waals surface area (Å²) < 4.78 is 4.96. The Balaban J connectivity index is 1.57. The first-order valence-corrected chi connectivity index (χ1v) is 9.97. The number of nitrogens with one attached hydrogen (secondary N) is 1. The summed E-state index contributed by atoms with van der Waals surface area (Å²) in [6, 6.07) is 15.8. The Morgan fingerprint density at radius 3 is 2.66 bits per heavy atom. The molecule has 0 atom stereocenters. The molecule has 4 aromatic rings. The zero-order valence-corrected chi connectivity index (χ0v) is 17.9. The first kappa shape index (κ1) is 19.1. The summed E-state index contributed by atoms with van der Waals surface area (Å²) in [6.07, 6.45) is 3.49. The highest BCUT2D eigenvalue weighted by Crippen LogP contribution is 2.21. The Kier molecular flexibility index (Phi) is 5.07. The van der Waals surface area contributed by atoms with Crippen molar-refractivity contribution >= 4 is 33.7 Å². The molecular weight excluding hydrogens is 430 g/mol. The van der Waals surface area contributed by atoms with E-state index in [-0.39, 0.29) is 5.91 Å². The Hall–Kier alpha value is -3.19. The zero-order chi connectivity index (χ0) is 20.5. The van der Waals surface area contributed by atoms with Gasteiger partial charge in [0.25, 0.3) is 5.91 Å². The molecule has 0 aliphatic heterocycles. The Labute approximate surface area is 177 Å². The average molecular weight is 450 g/mol.